The second-order valence-electron chi connectivity index (χ2n) is 12.3. The smallest absolute Gasteiger partial charge is 0.359 e. The fourth-order valence-corrected chi connectivity index (χ4v) is 7.35. The number of aliphatic hydroxyl groups is 1. The van der Waals surface area contributed by atoms with Gasteiger partial charge in [-0.05, 0) is 60.0 Å². The van der Waals surface area contributed by atoms with Crippen LogP contribution >= 0.6 is 7.60 Å². The molecule has 4 aromatic carbocycles. The van der Waals surface area contributed by atoms with E-state index in [0.29, 0.717) is 32.8 Å². The van der Waals surface area contributed by atoms with Crippen LogP contribution < -0.4 is 20.7 Å². The van der Waals surface area contributed by atoms with E-state index in [2.05, 4.69) is 0 Å². The number of aromatic nitrogens is 2. The molecule has 1 aliphatic rings. The van der Waals surface area contributed by atoms with Crippen molar-refractivity contribution in [3.63, 3.8) is 0 Å². The molecule has 0 unspecified atom stereocenters. The Morgan fingerprint density at radius 2 is 1.35 bits per heavy atom. The molecule has 3 atom stereocenters. The molecule has 1 saturated heterocycles. The monoisotopic (exact) mass is 728 g/mol. The average molecular weight is 729 g/mol. The van der Waals surface area contributed by atoms with E-state index in [-0.39, 0.29) is 11.1 Å². The van der Waals surface area contributed by atoms with Crippen molar-refractivity contribution in [3.05, 3.63) is 164 Å². The number of hydrogen-bond donors (Lipinski definition) is 3. The summed E-state index contributed by atoms with van der Waals surface area (Å²) >= 11 is 0. The second kappa shape index (κ2) is 14.5. The van der Waals surface area contributed by atoms with Crippen LogP contribution in [0.5, 0.6) is 11.5 Å². The summed E-state index contributed by atoms with van der Waals surface area (Å²) in [5.41, 5.74) is -1.52. The first-order valence-corrected chi connectivity index (χ1v) is 17.8. The summed E-state index contributed by atoms with van der Waals surface area (Å²) in [4.78, 5) is 61.4. The number of carbonyl (C=O) groups is 1. The molecule has 52 heavy (non-hydrogen) atoms. The zero-order valence-corrected chi connectivity index (χ0v) is 29.4. The van der Waals surface area contributed by atoms with Crippen LogP contribution in [-0.4, -0.2) is 62.2 Å². The van der Waals surface area contributed by atoms with E-state index in [4.69, 9.17) is 18.9 Å². The van der Waals surface area contributed by atoms with Crippen molar-refractivity contribution in [2.45, 2.75) is 36.6 Å². The number of carbonyl (C=O) groups excluding carboxylic acids is 1. The zero-order chi connectivity index (χ0) is 37.3. The van der Waals surface area contributed by atoms with Gasteiger partial charge < -0.3 is 33.8 Å². The maximum Gasteiger partial charge on any atom is 0.359 e. The van der Waals surface area contributed by atoms with Gasteiger partial charge in [0, 0.05) is 23.7 Å². The lowest BCUT2D eigenvalue weighted by atomic mass is 9.80. The normalized spacial score (nSPS) is 19.0. The van der Waals surface area contributed by atoms with Gasteiger partial charge in [-0.3, -0.25) is 18.7 Å². The number of hydrogen-bond acceptors (Lipinski definition) is 9. The second-order valence-corrected chi connectivity index (χ2v) is 14.2. The van der Waals surface area contributed by atoms with Crippen molar-refractivity contribution in [1.82, 2.24) is 9.13 Å². The Kier molecular flexibility index (Phi) is 10.2. The Morgan fingerprint density at radius 3 is 1.85 bits per heavy atom. The summed E-state index contributed by atoms with van der Waals surface area (Å²) in [5.74, 6) is 0.250. The molecule has 6 rings (SSSR count). The van der Waals surface area contributed by atoms with Gasteiger partial charge in [0.2, 0.25) is 0 Å². The largest absolute Gasteiger partial charge is 0.497 e. The van der Waals surface area contributed by atoms with Gasteiger partial charge in [-0.2, -0.15) is 4.57 Å². The molecule has 3 N–H and O–H groups in total. The van der Waals surface area contributed by atoms with Gasteiger partial charge in [0.25, 0.3) is 11.5 Å². The van der Waals surface area contributed by atoms with E-state index in [9.17, 15) is 33.8 Å². The van der Waals surface area contributed by atoms with Gasteiger partial charge in [-0.1, -0.05) is 72.8 Å². The lowest BCUT2D eigenvalue weighted by Gasteiger charge is -2.38. The van der Waals surface area contributed by atoms with Crippen LogP contribution in [-0.2, 0) is 19.6 Å². The van der Waals surface area contributed by atoms with E-state index in [0.717, 1.165) is 10.8 Å². The van der Waals surface area contributed by atoms with Crippen LogP contribution in [0.3, 0.4) is 0 Å². The molecule has 1 fully saturated rings. The predicted octanol–water partition coefficient (Wildman–Crippen LogP) is 4.19. The molecular formula is C38H37N2O11P. The molecule has 13 nitrogen and oxygen atoms in total. The molecule has 0 amide bonds. The topological polar surface area (TPSA) is 176 Å². The number of benzene rings is 4. The first-order chi connectivity index (χ1) is 24.8. The molecule has 0 bridgehead atoms. The van der Waals surface area contributed by atoms with E-state index < -0.39 is 61.1 Å². The first-order valence-electron chi connectivity index (χ1n) is 16.2. The van der Waals surface area contributed by atoms with E-state index >= 15 is 0 Å². The summed E-state index contributed by atoms with van der Waals surface area (Å²) in [7, 11) is -2.34. The maximum atomic E-state index is 13.8. The highest BCUT2D eigenvalue weighted by Gasteiger charge is 2.60. The fraction of sp³-hybridized carbons (Fsp3) is 0.237. The van der Waals surface area contributed by atoms with Crippen molar-refractivity contribution in [2.24, 2.45) is 0 Å². The number of methoxy groups -OCH3 is 2. The average Bonchev–Trinajstić information content (AvgIpc) is 3.51. The third kappa shape index (κ3) is 6.54. The van der Waals surface area contributed by atoms with Crippen molar-refractivity contribution in [1.29, 1.82) is 0 Å². The standard InChI is InChI=1S/C38H37N2O11P/c1-25-23-39(36(43)40(34(25)41)35(42)26-10-6-4-7-11-26)33-22-37(44,52(45,46)47)32(51-33)24-50-38(27-12-8-5-9-13-27,28-14-18-30(48-2)19-15-28)29-16-20-31(49-3)21-17-29/h4-21,23,32-33,44H,22,24H2,1-3H3,(H2,45,46,47)/t32-,33-,37-/m1/s1. The predicted molar refractivity (Wildman–Crippen MR) is 190 cm³/mol. The molecule has 0 radical (unpaired) electrons. The number of ether oxygens (including phenoxy) is 4. The highest BCUT2D eigenvalue weighted by molar-refractivity contribution is 7.53. The summed E-state index contributed by atoms with van der Waals surface area (Å²) in [6.07, 6.45) is -2.86. The van der Waals surface area contributed by atoms with Gasteiger partial charge in [-0.25, -0.2) is 4.79 Å². The van der Waals surface area contributed by atoms with Crippen LogP contribution in [0.25, 0.3) is 0 Å². The first kappa shape index (κ1) is 36.6. The van der Waals surface area contributed by atoms with Crippen molar-refractivity contribution < 1.29 is 43.2 Å². The lowest BCUT2D eigenvalue weighted by molar-refractivity contribution is -0.105. The van der Waals surface area contributed by atoms with E-state index in [1.54, 1.807) is 66.7 Å². The van der Waals surface area contributed by atoms with Crippen LogP contribution in [0.1, 0.15) is 45.3 Å². The highest BCUT2D eigenvalue weighted by Crippen LogP contribution is 2.59. The van der Waals surface area contributed by atoms with Gasteiger partial charge in [-0.15, -0.1) is 0 Å². The molecule has 0 aliphatic carbocycles. The van der Waals surface area contributed by atoms with E-state index in [1.165, 1.54) is 33.3 Å². The fourth-order valence-electron chi connectivity index (χ4n) is 6.45. The minimum absolute atomic E-state index is 0.0194. The quantitative estimate of drug-likeness (QED) is 0.131. The van der Waals surface area contributed by atoms with Crippen LogP contribution in [0.4, 0.5) is 0 Å². The third-order valence-electron chi connectivity index (χ3n) is 9.26. The number of aryl methyl sites for hydroxylation is 1. The van der Waals surface area contributed by atoms with Crippen LogP contribution in [0.2, 0.25) is 0 Å². The minimum Gasteiger partial charge on any atom is -0.497 e. The summed E-state index contributed by atoms with van der Waals surface area (Å²) < 4.78 is 38.1. The summed E-state index contributed by atoms with van der Waals surface area (Å²) in [5, 5.41) is 8.93. The minimum atomic E-state index is -5.41. The van der Waals surface area contributed by atoms with Crippen molar-refractivity contribution in [3.8, 4) is 11.5 Å². The Balaban J connectivity index is 1.45. The SMILES string of the molecule is COc1ccc(C(OC[C@H]2O[C@@H](n3cc(C)c(=O)n(C(=O)c4ccccc4)c3=O)C[C@@]2(O)P(=O)(O)O)(c2ccccc2)c2ccc(OC)cc2)cc1. The molecule has 1 aromatic heterocycles. The number of nitrogens with zero attached hydrogens (tertiary/aromatic N) is 2. The van der Waals surface area contributed by atoms with Gasteiger partial charge in [0.15, 0.2) is 5.34 Å². The zero-order valence-electron chi connectivity index (χ0n) is 28.5. The molecule has 270 valence electrons. The van der Waals surface area contributed by atoms with E-state index in [1.807, 2.05) is 30.3 Å². The Morgan fingerprint density at radius 1 is 0.846 bits per heavy atom. The molecule has 0 spiro atoms. The molecule has 2 heterocycles. The Hall–Kier alpha value is -5.14. The number of rotatable bonds is 11. The van der Waals surface area contributed by atoms with Crippen molar-refractivity contribution >= 4 is 13.5 Å². The molecule has 0 saturated carbocycles. The lowest BCUT2D eigenvalue weighted by Crippen LogP contribution is -2.45. The van der Waals surface area contributed by atoms with Crippen LogP contribution in [0, 0.1) is 6.92 Å². The van der Waals surface area contributed by atoms with Crippen molar-refractivity contribution in [2.75, 3.05) is 20.8 Å². The molecule has 5 aromatic rings. The van der Waals surface area contributed by atoms with Gasteiger partial charge in [0.1, 0.15) is 29.4 Å². The van der Waals surface area contributed by atoms with Gasteiger partial charge in [0.05, 0.1) is 20.8 Å². The van der Waals surface area contributed by atoms with Gasteiger partial charge >= 0.3 is 13.3 Å². The summed E-state index contributed by atoms with van der Waals surface area (Å²) in [6.45, 7) is 0.789. The Bertz CT molecular complexity index is 2170. The molecule has 1 aliphatic heterocycles. The Labute approximate surface area is 298 Å². The maximum absolute atomic E-state index is 13.8. The molecule has 14 heteroatoms. The van der Waals surface area contributed by atoms with Crippen LogP contribution in [0.15, 0.2) is 125 Å². The summed E-state index contributed by atoms with van der Waals surface area (Å²) in [6, 6.07) is 31.0. The third-order valence-corrected chi connectivity index (χ3v) is 10.7. The highest BCUT2D eigenvalue weighted by atomic mass is 31.2. The molecular weight excluding hydrogens is 691 g/mol.